The summed E-state index contributed by atoms with van der Waals surface area (Å²) in [6, 6.07) is 3.88. The minimum Gasteiger partial charge on any atom is -0.353 e. The van der Waals surface area contributed by atoms with Crippen LogP contribution < -0.4 is 5.32 Å². The van der Waals surface area contributed by atoms with Crippen molar-refractivity contribution in [2.24, 2.45) is 0 Å². The first-order chi connectivity index (χ1) is 10.4. The molecule has 2 amide bonds. The van der Waals surface area contributed by atoms with Crippen LogP contribution in [0.3, 0.4) is 0 Å². The zero-order valence-corrected chi connectivity index (χ0v) is 13.4. The normalized spacial score (nSPS) is 18.9. The van der Waals surface area contributed by atoms with Crippen LogP contribution in [0, 0.1) is 5.82 Å². The van der Waals surface area contributed by atoms with Gasteiger partial charge in [-0.05, 0) is 12.1 Å². The summed E-state index contributed by atoms with van der Waals surface area (Å²) in [5, 5.41) is 3.07. The Bertz CT molecular complexity index is 560. The lowest BCUT2D eigenvalue weighted by Gasteiger charge is -2.35. The van der Waals surface area contributed by atoms with Crippen molar-refractivity contribution >= 4 is 23.4 Å². The molecule has 5 nitrogen and oxygen atoms in total. The van der Waals surface area contributed by atoms with E-state index < -0.39 is 11.9 Å². The van der Waals surface area contributed by atoms with E-state index in [2.05, 4.69) is 5.32 Å². The molecular formula is C15H19ClFN3O2. The molecule has 120 valence electrons. The molecule has 7 heteroatoms. The Labute approximate surface area is 134 Å². The Balaban J connectivity index is 2.19. The SMILES string of the molecule is CN(C)C(=O)C[C@@H]1C(=O)NCCN1Cc1c(F)cccc1Cl. The molecule has 0 bridgehead atoms. The van der Waals surface area contributed by atoms with Crippen molar-refractivity contribution in [1.82, 2.24) is 15.1 Å². The van der Waals surface area contributed by atoms with E-state index in [1.54, 1.807) is 25.1 Å². The third kappa shape index (κ3) is 3.75. The standard InChI is InChI=1S/C15H19ClFN3O2/c1-19(2)14(21)8-13-15(22)18-6-7-20(13)9-10-11(16)4-3-5-12(10)17/h3-5,13H,6-9H2,1-2H3,(H,18,22)/t13-/m1/s1. The minimum atomic E-state index is -0.612. The van der Waals surface area contributed by atoms with Crippen molar-refractivity contribution in [2.75, 3.05) is 27.2 Å². The smallest absolute Gasteiger partial charge is 0.237 e. The summed E-state index contributed by atoms with van der Waals surface area (Å²) < 4.78 is 13.9. The zero-order chi connectivity index (χ0) is 16.3. The highest BCUT2D eigenvalue weighted by Crippen LogP contribution is 2.23. The van der Waals surface area contributed by atoms with E-state index in [0.717, 1.165) is 0 Å². The first-order valence-electron chi connectivity index (χ1n) is 7.05. The molecule has 0 spiro atoms. The topological polar surface area (TPSA) is 52.7 Å². The van der Waals surface area contributed by atoms with Crippen molar-refractivity contribution in [1.29, 1.82) is 0 Å². The van der Waals surface area contributed by atoms with Gasteiger partial charge >= 0.3 is 0 Å². The molecular weight excluding hydrogens is 309 g/mol. The second-order valence-electron chi connectivity index (χ2n) is 5.47. The number of nitrogens with zero attached hydrogens (tertiary/aromatic N) is 2. The van der Waals surface area contributed by atoms with E-state index >= 15 is 0 Å². The number of hydrogen-bond acceptors (Lipinski definition) is 3. The van der Waals surface area contributed by atoms with Gasteiger partial charge in [0.15, 0.2) is 0 Å². The largest absolute Gasteiger partial charge is 0.353 e. The first-order valence-corrected chi connectivity index (χ1v) is 7.42. The average molecular weight is 328 g/mol. The van der Waals surface area contributed by atoms with Gasteiger partial charge in [-0.1, -0.05) is 17.7 Å². The molecule has 0 aromatic heterocycles. The van der Waals surface area contributed by atoms with Gasteiger partial charge in [0.2, 0.25) is 11.8 Å². The van der Waals surface area contributed by atoms with E-state index in [-0.39, 0.29) is 24.8 Å². The van der Waals surface area contributed by atoms with E-state index in [1.807, 2.05) is 0 Å². The summed E-state index contributed by atoms with van der Waals surface area (Å²) in [6.45, 7) is 1.21. The number of amides is 2. The monoisotopic (exact) mass is 327 g/mol. The second-order valence-corrected chi connectivity index (χ2v) is 5.88. The highest BCUT2D eigenvalue weighted by molar-refractivity contribution is 6.31. The third-order valence-electron chi connectivity index (χ3n) is 3.73. The van der Waals surface area contributed by atoms with Gasteiger partial charge in [0.25, 0.3) is 0 Å². The van der Waals surface area contributed by atoms with Crippen LogP contribution in [-0.2, 0) is 16.1 Å². The van der Waals surface area contributed by atoms with Gasteiger partial charge in [-0.3, -0.25) is 14.5 Å². The van der Waals surface area contributed by atoms with E-state index in [9.17, 15) is 14.0 Å². The maximum atomic E-state index is 13.9. The molecule has 22 heavy (non-hydrogen) atoms. The van der Waals surface area contributed by atoms with Crippen molar-refractivity contribution in [3.05, 3.63) is 34.6 Å². The molecule has 1 aliphatic heterocycles. The maximum Gasteiger partial charge on any atom is 0.237 e. The van der Waals surface area contributed by atoms with Gasteiger partial charge in [-0.15, -0.1) is 0 Å². The van der Waals surface area contributed by atoms with Crippen LogP contribution in [0.15, 0.2) is 18.2 Å². The molecule has 1 heterocycles. The van der Waals surface area contributed by atoms with Gasteiger partial charge < -0.3 is 10.2 Å². The van der Waals surface area contributed by atoms with Crippen LogP contribution in [0.5, 0.6) is 0 Å². The summed E-state index contributed by atoms with van der Waals surface area (Å²) in [5.41, 5.74) is 0.348. The molecule has 1 atom stereocenters. The summed E-state index contributed by atoms with van der Waals surface area (Å²) in [5.74, 6) is -0.767. The zero-order valence-electron chi connectivity index (χ0n) is 12.6. The lowest BCUT2D eigenvalue weighted by molar-refractivity contribution is -0.137. The highest BCUT2D eigenvalue weighted by atomic mass is 35.5. The third-order valence-corrected chi connectivity index (χ3v) is 4.09. The molecule has 0 radical (unpaired) electrons. The molecule has 1 saturated heterocycles. The lowest BCUT2D eigenvalue weighted by Crippen LogP contribution is -2.56. The van der Waals surface area contributed by atoms with Gasteiger partial charge in [0.1, 0.15) is 5.82 Å². The number of rotatable bonds is 4. The highest BCUT2D eigenvalue weighted by Gasteiger charge is 2.32. The fourth-order valence-corrected chi connectivity index (χ4v) is 2.63. The Hall–Kier alpha value is -1.66. The van der Waals surface area contributed by atoms with E-state index in [4.69, 9.17) is 11.6 Å². The number of carbonyl (C=O) groups is 2. The van der Waals surface area contributed by atoms with Crippen molar-refractivity contribution in [2.45, 2.75) is 19.0 Å². The predicted molar refractivity (Wildman–Crippen MR) is 81.9 cm³/mol. The maximum absolute atomic E-state index is 13.9. The summed E-state index contributed by atoms with van der Waals surface area (Å²) >= 11 is 6.05. The number of nitrogens with one attached hydrogen (secondary N) is 1. The average Bonchev–Trinajstić information content (AvgIpc) is 2.46. The molecule has 1 N–H and O–H groups in total. The minimum absolute atomic E-state index is 0.0604. The van der Waals surface area contributed by atoms with Crippen LogP contribution in [0.1, 0.15) is 12.0 Å². The number of halogens is 2. The lowest BCUT2D eigenvalue weighted by atomic mass is 10.1. The molecule has 0 saturated carbocycles. The molecule has 1 aromatic carbocycles. The number of hydrogen-bond donors (Lipinski definition) is 1. The molecule has 0 unspecified atom stereocenters. The Kier molecular flexibility index (Phi) is 5.37. The van der Waals surface area contributed by atoms with E-state index in [1.165, 1.54) is 17.0 Å². The number of benzene rings is 1. The van der Waals surface area contributed by atoms with Gasteiger partial charge in [-0.25, -0.2) is 4.39 Å². The summed E-state index contributed by atoms with van der Waals surface area (Å²) in [6.07, 6.45) is 0.0604. The summed E-state index contributed by atoms with van der Waals surface area (Å²) in [4.78, 5) is 27.2. The van der Waals surface area contributed by atoms with Gasteiger partial charge in [0, 0.05) is 44.3 Å². The molecule has 0 aliphatic carbocycles. The number of piperazine rings is 1. The van der Waals surface area contributed by atoms with Crippen LogP contribution in [0.25, 0.3) is 0 Å². The molecule has 1 aliphatic rings. The first kappa shape index (κ1) is 16.7. The van der Waals surface area contributed by atoms with Crippen LogP contribution in [0.4, 0.5) is 4.39 Å². The van der Waals surface area contributed by atoms with Crippen LogP contribution in [0.2, 0.25) is 5.02 Å². The van der Waals surface area contributed by atoms with Gasteiger partial charge in [-0.2, -0.15) is 0 Å². The molecule has 1 aromatic rings. The molecule has 1 fully saturated rings. The fraction of sp³-hybridized carbons (Fsp3) is 0.467. The van der Waals surface area contributed by atoms with Crippen LogP contribution in [-0.4, -0.2) is 54.8 Å². The quantitative estimate of drug-likeness (QED) is 0.906. The van der Waals surface area contributed by atoms with E-state index in [0.29, 0.717) is 23.7 Å². The number of carbonyl (C=O) groups excluding carboxylic acids is 2. The molecule has 2 rings (SSSR count). The Morgan fingerprint density at radius 2 is 2.23 bits per heavy atom. The summed E-state index contributed by atoms with van der Waals surface area (Å²) in [7, 11) is 3.28. The van der Waals surface area contributed by atoms with Crippen LogP contribution >= 0.6 is 11.6 Å². The van der Waals surface area contributed by atoms with Crippen molar-refractivity contribution in [3.8, 4) is 0 Å². The fourth-order valence-electron chi connectivity index (χ4n) is 2.41. The van der Waals surface area contributed by atoms with Gasteiger partial charge in [0.05, 0.1) is 12.5 Å². The van der Waals surface area contributed by atoms with Crippen molar-refractivity contribution in [3.63, 3.8) is 0 Å². The Morgan fingerprint density at radius 3 is 2.86 bits per heavy atom. The Morgan fingerprint density at radius 1 is 1.50 bits per heavy atom. The second kappa shape index (κ2) is 7.07. The predicted octanol–water partition coefficient (Wildman–Crippen LogP) is 1.26. The van der Waals surface area contributed by atoms with Crippen molar-refractivity contribution < 1.29 is 14.0 Å².